The molecule has 2 atom stereocenters. The van der Waals surface area contributed by atoms with Crippen molar-refractivity contribution in [3.05, 3.63) is 40.5 Å². The lowest BCUT2D eigenvalue weighted by molar-refractivity contribution is 0.0520. The number of imidazole rings is 1. The number of halogens is 1. The summed E-state index contributed by atoms with van der Waals surface area (Å²) >= 11 is 3.58. The molecule has 2 aromatic heterocycles. The highest BCUT2D eigenvalue weighted by Crippen LogP contribution is 2.46. The first-order valence-electron chi connectivity index (χ1n) is 8.23. The second kappa shape index (κ2) is 6.20. The van der Waals surface area contributed by atoms with Crippen molar-refractivity contribution in [3.63, 3.8) is 0 Å². The first-order valence-corrected chi connectivity index (χ1v) is 9.02. The third kappa shape index (κ3) is 3.05. The number of hydrogen-bond acceptors (Lipinski definition) is 5. The van der Waals surface area contributed by atoms with Crippen LogP contribution in [0.5, 0.6) is 0 Å². The maximum atomic E-state index is 11.7. The minimum absolute atomic E-state index is 0.328. The fourth-order valence-electron chi connectivity index (χ4n) is 3.29. The van der Waals surface area contributed by atoms with Gasteiger partial charge in [0.2, 0.25) is 0 Å². The van der Waals surface area contributed by atoms with Crippen LogP contribution in [0.2, 0.25) is 0 Å². The van der Waals surface area contributed by atoms with Crippen molar-refractivity contribution in [1.82, 2.24) is 14.5 Å². The minimum atomic E-state index is -0.392. The SMILES string of the molecule is CCOC(=O)c1cn(Cc2ccc(N3CC4CC4C3)nc2Br)cn1. The van der Waals surface area contributed by atoms with Gasteiger partial charge in [0.25, 0.3) is 0 Å². The van der Waals surface area contributed by atoms with Crippen molar-refractivity contribution in [1.29, 1.82) is 0 Å². The van der Waals surface area contributed by atoms with E-state index in [1.165, 1.54) is 6.42 Å². The third-order valence-electron chi connectivity index (χ3n) is 4.68. The molecule has 3 heterocycles. The zero-order valence-corrected chi connectivity index (χ0v) is 15.1. The van der Waals surface area contributed by atoms with E-state index in [-0.39, 0.29) is 0 Å². The lowest BCUT2D eigenvalue weighted by atomic mass is 10.2. The monoisotopic (exact) mass is 390 g/mol. The van der Waals surface area contributed by atoms with Gasteiger partial charge in [-0.05, 0) is 47.2 Å². The van der Waals surface area contributed by atoms with Crippen LogP contribution in [0.3, 0.4) is 0 Å². The molecule has 6 nitrogen and oxygen atoms in total. The molecule has 0 spiro atoms. The zero-order valence-electron chi connectivity index (χ0n) is 13.5. The number of hydrogen-bond donors (Lipinski definition) is 0. The molecule has 0 N–H and O–H groups in total. The second-order valence-electron chi connectivity index (χ2n) is 6.43. The summed E-state index contributed by atoms with van der Waals surface area (Å²) < 4.78 is 7.66. The lowest BCUT2D eigenvalue weighted by Gasteiger charge is -2.19. The van der Waals surface area contributed by atoms with Gasteiger partial charge < -0.3 is 14.2 Å². The Morgan fingerprint density at radius 2 is 2.17 bits per heavy atom. The molecule has 1 saturated heterocycles. The summed E-state index contributed by atoms with van der Waals surface area (Å²) in [7, 11) is 0. The number of carbonyl (C=O) groups excluding carboxylic acids is 1. The number of anilines is 1. The maximum absolute atomic E-state index is 11.7. The Morgan fingerprint density at radius 3 is 2.88 bits per heavy atom. The third-order valence-corrected chi connectivity index (χ3v) is 5.37. The van der Waals surface area contributed by atoms with E-state index >= 15 is 0 Å². The summed E-state index contributed by atoms with van der Waals surface area (Å²) in [5, 5.41) is 0. The number of piperidine rings is 1. The Labute approximate surface area is 149 Å². The maximum Gasteiger partial charge on any atom is 0.358 e. The molecular formula is C17H19BrN4O2. The van der Waals surface area contributed by atoms with Gasteiger partial charge in [-0.3, -0.25) is 0 Å². The van der Waals surface area contributed by atoms with Gasteiger partial charge >= 0.3 is 5.97 Å². The molecule has 126 valence electrons. The highest BCUT2D eigenvalue weighted by atomic mass is 79.9. The standard InChI is InChI=1S/C17H19BrN4O2/c1-2-24-17(23)14-9-21(10-19-14)6-11-3-4-15(20-16(11)18)22-7-12-5-13(12)8-22/h3-4,9-10,12-13H,2,5-8H2,1H3. The average molecular weight is 391 g/mol. The number of nitrogens with zero attached hydrogens (tertiary/aromatic N) is 4. The molecule has 0 radical (unpaired) electrons. The zero-order chi connectivity index (χ0) is 16.7. The number of fused-ring (bicyclic) bond motifs is 1. The van der Waals surface area contributed by atoms with Crippen LogP contribution < -0.4 is 4.90 Å². The fraction of sp³-hybridized carbons (Fsp3) is 0.471. The molecule has 0 amide bonds. The highest BCUT2D eigenvalue weighted by Gasteiger charge is 2.45. The number of carbonyl (C=O) groups is 1. The van der Waals surface area contributed by atoms with Crippen LogP contribution in [-0.4, -0.2) is 40.2 Å². The van der Waals surface area contributed by atoms with E-state index in [0.29, 0.717) is 18.8 Å². The van der Waals surface area contributed by atoms with Crippen LogP contribution in [-0.2, 0) is 11.3 Å². The number of aromatic nitrogens is 3. The van der Waals surface area contributed by atoms with Gasteiger partial charge in [-0.15, -0.1) is 0 Å². The Hall–Kier alpha value is -1.89. The van der Waals surface area contributed by atoms with Crippen LogP contribution in [0.15, 0.2) is 29.3 Å². The number of esters is 1. The molecular weight excluding hydrogens is 372 g/mol. The molecule has 1 saturated carbocycles. The van der Waals surface area contributed by atoms with Gasteiger partial charge in [0.05, 0.1) is 19.5 Å². The smallest absolute Gasteiger partial charge is 0.358 e. The Kier molecular flexibility index (Phi) is 4.04. The molecule has 2 aromatic rings. The molecule has 2 aliphatic rings. The molecule has 24 heavy (non-hydrogen) atoms. The molecule has 0 bridgehead atoms. The van der Waals surface area contributed by atoms with Gasteiger partial charge in [0.1, 0.15) is 10.4 Å². The van der Waals surface area contributed by atoms with E-state index in [0.717, 1.165) is 40.9 Å². The molecule has 4 rings (SSSR count). The molecule has 7 heteroatoms. The molecule has 2 fully saturated rings. The van der Waals surface area contributed by atoms with Gasteiger partial charge in [0.15, 0.2) is 5.69 Å². The summed E-state index contributed by atoms with van der Waals surface area (Å²) in [5.74, 6) is 2.42. The van der Waals surface area contributed by atoms with E-state index in [1.54, 1.807) is 19.4 Å². The van der Waals surface area contributed by atoms with Crippen LogP contribution in [0.1, 0.15) is 29.4 Å². The van der Waals surface area contributed by atoms with Crippen molar-refractivity contribution in [3.8, 4) is 0 Å². The lowest BCUT2D eigenvalue weighted by Crippen LogP contribution is -2.23. The Morgan fingerprint density at radius 1 is 1.38 bits per heavy atom. The van der Waals surface area contributed by atoms with Gasteiger partial charge in [-0.2, -0.15) is 0 Å². The highest BCUT2D eigenvalue weighted by molar-refractivity contribution is 9.10. The largest absolute Gasteiger partial charge is 0.461 e. The van der Waals surface area contributed by atoms with Crippen molar-refractivity contribution in [2.24, 2.45) is 11.8 Å². The number of rotatable bonds is 5. The fourth-order valence-corrected chi connectivity index (χ4v) is 3.73. The molecule has 2 unspecified atom stereocenters. The van der Waals surface area contributed by atoms with Gasteiger partial charge in [-0.1, -0.05) is 6.07 Å². The van der Waals surface area contributed by atoms with Crippen LogP contribution >= 0.6 is 15.9 Å². The second-order valence-corrected chi connectivity index (χ2v) is 7.18. The van der Waals surface area contributed by atoms with E-state index in [1.807, 2.05) is 4.57 Å². The summed E-state index contributed by atoms with van der Waals surface area (Å²) in [6.45, 7) is 5.00. The Balaban J connectivity index is 1.45. The van der Waals surface area contributed by atoms with Crippen LogP contribution in [0.25, 0.3) is 0 Å². The van der Waals surface area contributed by atoms with Crippen molar-refractivity contribution >= 4 is 27.7 Å². The van der Waals surface area contributed by atoms with Crippen LogP contribution in [0.4, 0.5) is 5.82 Å². The summed E-state index contributed by atoms with van der Waals surface area (Å²) in [6.07, 6.45) is 4.73. The number of pyridine rings is 1. The topological polar surface area (TPSA) is 60.2 Å². The first kappa shape index (κ1) is 15.6. The van der Waals surface area contributed by atoms with Crippen molar-refractivity contribution in [2.45, 2.75) is 19.9 Å². The summed E-state index contributed by atoms with van der Waals surface area (Å²) in [6, 6.07) is 4.16. The quantitative estimate of drug-likeness (QED) is 0.580. The molecule has 0 aromatic carbocycles. The first-order chi connectivity index (χ1) is 11.6. The predicted molar refractivity (Wildman–Crippen MR) is 93.0 cm³/mol. The van der Waals surface area contributed by atoms with Crippen LogP contribution in [0, 0.1) is 11.8 Å². The van der Waals surface area contributed by atoms with Gasteiger partial charge in [0, 0.05) is 24.8 Å². The normalized spacial score (nSPS) is 21.7. The minimum Gasteiger partial charge on any atom is -0.461 e. The predicted octanol–water partition coefficient (Wildman–Crippen LogP) is 2.72. The van der Waals surface area contributed by atoms with E-state index < -0.39 is 5.97 Å². The number of ether oxygens (including phenoxy) is 1. The summed E-state index contributed by atoms with van der Waals surface area (Å²) in [5.41, 5.74) is 1.38. The average Bonchev–Trinajstić information content (AvgIpc) is 2.98. The van der Waals surface area contributed by atoms with Gasteiger partial charge in [-0.25, -0.2) is 14.8 Å². The van der Waals surface area contributed by atoms with E-state index in [2.05, 4.69) is 37.9 Å². The summed E-state index contributed by atoms with van der Waals surface area (Å²) in [4.78, 5) is 22.8. The van der Waals surface area contributed by atoms with E-state index in [4.69, 9.17) is 9.72 Å². The molecule has 1 aliphatic carbocycles. The molecule has 1 aliphatic heterocycles. The van der Waals surface area contributed by atoms with Crippen molar-refractivity contribution in [2.75, 3.05) is 24.6 Å². The van der Waals surface area contributed by atoms with E-state index in [9.17, 15) is 4.79 Å². The Bertz CT molecular complexity index is 766. The van der Waals surface area contributed by atoms with Crippen molar-refractivity contribution < 1.29 is 9.53 Å².